The second kappa shape index (κ2) is 19.4. The van der Waals surface area contributed by atoms with Crippen LogP contribution >= 0.6 is 0 Å². The number of aliphatic hydroxyl groups excluding tert-OH is 1. The van der Waals surface area contributed by atoms with Crippen molar-refractivity contribution in [2.45, 2.75) is 136 Å². The van der Waals surface area contributed by atoms with Gasteiger partial charge in [-0.15, -0.1) is 0 Å². The molecule has 0 aliphatic carbocycles. The summed E-state index contributed by atoms with van der Waals surface area (Å²) in [6.45, 7) is 8.35. The Labute approximate surface area is 321 Å². The molecule has 9 nitrogen and oxygen atoms in total. The molecule has 1 aromatic heterocycles. The van der Waals surface area contributed by atoms with Gasteiger partial charge in [0.15, 0.2) is 4.90 Å². The number of β-amino-alcohol motifs (C(OH)–C–C–N with tert-alkyl or cyclic N) is 1. The van der Waals surface area contributed by atoms with Gasteiger partial charge in [0.2, 0.25) is 9.84 Å². The van der Waals surface area contributed by atoms with Crippen molar-refractivity contribution in [3.63, 3.8) is 0 Å². The minimum atomic E-state index is -3.93. The summed E-state index contributed by atoms with van der Waals surface area (Å²) >= 11 is -1.22. The minimum absolute atomic E-state index is 0.190. The molecule has 6 rings (SSSR count). The van der Waals surface area contributed by atoms with Gasteiger partial charge in [0.25, 0.3) is 0 Å². The summed E-state index contributed by atoms with van der Waals surface area (Å²) in [6.07, 6.45) is 20.4. The van der Waals surface area contributed by atoms with Crippen molar-refractivity contribution >= 4 is 37.6 Å². The molecule has 0 bridgehead atoms. The Bertz CT molecular complexity index is 1690. The Morgan fingerprint density at radius 1 is 0.830 bits per heavy atom. The molecule has 2 atom stereocenters. The number of unbranched alkanes of at least 4 members (excludes halogenated alkanes) is 8. The molecule has 3 saturated heterocycles. The van der Waals surface area contributed by atoms with Crippen molar-refractivity contribution in [1.82, 2.24) is 14.8 Å². The number of aromatic nitrogens is 1. The average Bonchev–Trinajstić information content (AvgIpc) is 3.18. The molecule has 0 spiro atoms. The summed E-state index contributed by atoms with van der Waals surface area (Å²) in [7, 11) is -3.93. The predicted molar refractivity (Wildman–Crippen MR) is 215 cm³/mol. The molecule has 53 heavy (non-hydrogen) atoms. The molecule has 1 N–H and O–H groups in total. The van der Waals surface area contributed by atoms with Crippen LogP contribution in [0.3, 0.4) is 0 Å². The van der Waals surface area contributed by atoms with E-state index < -0.39 is 21.0 Å². The Kier molecular flexibility index (Phi) is 14.8. The third-order valence-electron chi connectivity index (χ3n) is 11.8. The van der Waals surface area contributed by atoms with Gasteiger partial charge in [-0.3, -0.25) is 9.88 Å². The fraction of sp³-hybridized carbons (Fsp3) is 0.643. The largest absolute Gasteiger partial charge is 0.612 e. The fourth-order valence-electron chi connectivity index (χ4n) is 8.67. The van der Waals surface area contributed by atoms with Crippen molar-refractivity contribution in [3.05, 3.63) is 48.7 Å². The molecule has 2 unspecified atom stereocenters. The summed E-state index contributed by atoms with van der Waals surface area (Å²) < 4.78 is 47.4. The molecule has 2 aromatic carbocycles. The number of likely N-dealkylation sites (tertiary alicyclic amines) is 2. The van der Waals surface area contributed by atoms with Crippen LogP contribution in [0.5, 0.6) is 5.75 Å². The van der Waals surface area contributed by atoms with E-state index in [1.165, 1.54) is 51.1 Å². The number of nitrogens with zero attached hydrogens (tertiary/aromatic N) is 4. The molecular weight excluding hydrogens is 705 g/mol. The van der Waals surface area contributed by atoms with Gasteiger partial charge in [0.1, 0.15) is 16.9 Å². The van der Waals surface area contributed by atoms with Crippen molar-refractivity contribution in [2.75, 3.05) is 57.0 Å². The predicted octanol–water partition coefficient (Wildman–Crippen LogP) is 7.60. The summed E-state index contributed by atoms with van der Waals surface area (Å²) in [4.78, 5) is 13.0. The first-order valence-electron chi connectivity index (χ1n) is 20.4. The number of ether oxygens (including phenoxy) is 1. The molecule has 0 radical (unpaired) electrons. The first-order valence-corrected chi connectivity index (χ1v) is 23.4. The lowest BCUT2D eigenvalue weighted by Gasteiger charge is -2.45. The van der Waals surface area contributed by atoms with Gasteiger partial charge in [0.05, 0.1) is 28.8 Å². The van der Waals surface area contributed by atoms with Crippen molar-refractivity contribution < 1.29 is 22.8 Å². The highest BCUT2D eigenvalue weighted by atomic mass is 32.2. The highest BCUT2D eigenvalue weighted by molar-refractivity contribution is 7.91. The van der Waals surface area contributed by atoms with E-state index in [-0.39, 0.29) is 15.9 Å². The summed E-state index contributed by atoms with van der Waals surface area (Å²) in [5.74, 6) is 0.676. The first kappa shape index (κ1) is 40.3. The monoisotopic (exact) mass is 766 g/mol. The highest BCUT2D eigenvalue weighted by Crippen LogP contribution is 2.39. The Morgan fingerprint density at radius 3 is 2.13 bits per heavy atom. The van der Waals surface area contributed by atoms with Crippen LogP contribution in [0.2, 0.25) is 0 Å². The van der Waals surface area contributed by atoms with E-state index in [9.17, 15) is 18.1 Å². The number of anilines is 1. The number of benzene rings is 2. The van der Waals surface area contributed by atoms with Crippen LogP contribution in [-0.2, 0) is 21.0 Å². The summed E-state index contributed by atoms with van der Waals surface area (Å²) in [5, 5.41) is 10.9. The van der Waals surface area contributed by atoms with E-state index >= 15 is 0 Å². The molecule has 0 amide bonds. The number of fused-ring (bicyclic) bond motifs is 1. The van der Waals surface area contributed by atoms with Gasteiger partial charge < -0.3 is 24.2 Å². The average molecular weight is 767 g/mol. The van der Waals surface area contributed by atoms with Gasteiger partial charge in [-0.25, -0.2) is 8.42 Å². The van der Waals surface area contributed by atoms with Crippen LogP contribution in [0.1, 0.15) is 103 Å². The number of pyridine rings is 1. The van der Waals surface area contributed by atoms with Crippen LogP contribution in [0.15, 0.2) is 63.3 Å². The van der Waals surface area contributed by atoms with E-state index in [1.54, 1.807) is 30.5 Å². The van der Waals surface area contributed by atoms with Gasteiger partial charge in [-0.05, 0) is 112 Å². The molecule has 3 aliphatic heterocycles. The van der Waals surface area contributed by atoms with Gasteiger partial charge in [-0.1, -0.05) is 58.3 Å². The smallest absolute Gasteiger partial charge is 0.210 e. The lowest BCUT2D eigenvalue weighted by atomic mass is 9.95. The van der Waals surface area contributed by atoms with E-state index in [2.05, 4.69) is 26.6 Å². The third kappa shape index (κ3) is 10.5. The molecule has 3 aromatic rings. The number of rotatable bonds is 17. The summed E-state index contributed by atoms with van der Waals surface area (Å²) in [5.41, 5.74) is 1.36. The highest BCUT2D eigenvalue weighted by Gasteiger charge is 2.34. The zero-order chi connectivity index (χ0) is 37.2. The number of hydrogen-bond acceptors (Lipinski definition) is 9. The molecular formula is C42H62N4O5S2. The second-order valence-electron chi connectivity index (χ2n) is 15.5. The Morgan fingerprint density at radius 2 is 1.47 bits per heavy atom. The zero-order valence-electron chi connectivity index (χ0n) is 32.1. The molecule has 11 heteroatoms. The molecule has 3 aliphatic rings. The van der Waals surface area contributed by atoms with Crippen LogP contribution < -0.4 is 9.64 Å². The molecule has 292 valence electrons. The standard InChI is InChI=1S/C42H62N4O5S2/c1-3-4-5-6-7-8-9-10-11-29-51-36-14-17-38(18-15-36)53(49,50)41-31-43-40-19-16-37(52(2)48)30-39(40)42(41)45-27-22-33(23-28-45)44-25-20-34(21-26-44)46-24-12-13-35(47)32-46/h14-19,30-31,33-35,47H,3-13,20-29,32H2,1-2H3. The van der Waals surface area contributed by atoms with Gasteiger partial charge in [0, 0.05) is 49.4 Å². The normalized spacial score (nSPS) is 20.6. The topological polar surface area (TPSA) is 109 Å². The fourth-order valence-corrected chi connectivity index (χ4v) is 10.6. The van der Waals surface area contributed by atoms with E-state index in [0.717, 1.165) is 96.0 Å². The maximum absolute atomic E-state index is 14.4. The molecule has 4 heterocycles. The Balaban J connectivity index is 1.11. The van der Waals surface area contributed by atoms with E-state index in [4.69, 9.17) is 4.74 Å². The maximum Gasteiger partial charge on any atom is 0.210 e. The van der Waals surface area contributed by atoms with Gasteiger partial charge >= 0.3 is 0 Å². The first-order chi connectivity index (χ1) is 25.7. The summed E-state index contributed by atoms with van der Waals surface area (Å²) in [6, 6.07) is 13.3. The minimum Gasteiger partial charge on any atom is -0.612 e. The number of aliphatic hydroxyl groups is 1. The second-order valence-corrected chi connectivity index (χ2v) is 18.8. The van der Waals surface area contributed by atoms with E-state index in [0.29, 0.717) is 40.5 Å². The van der Waals surface area contributed by atoms with Crippen LogP contribution in [-0.4, -0.2) is 103 Å². The number of piperidine rings is 3. The van der Waals surface area contributed by atoms with Crippen LogP contribution in [0.25, 0.3) is 10.9 Å². The van der Waals surface area contributed by atoms with Crippen LogP contribution in [0.4, 0.5) is 5.69 Å². The zero-order valence-corrected chi connectivity index (χ0v) is 33.7. The molecule has 0 saturated carbocycles. The number of hydrogen-bond donors (Lipinski definition) is 1. The lowest BCUT2D eigenvalue weighted by molar-refractivity contribution is 0.0170. The lowest BCUT2D eigenvalue weighted by Crippen LogP contribution is -2.53. The van der Waals surface area contributed by atoms with E-state index in [1.807, 2.05) is 18.2 Å². The maximum atomic E-state index is 14.4. The quantitative estimate of drug-likeness (QED) is 0.110. The number of sulfone groups is 1. The van der Waals surface area contributed by atoms with Crippen LogP contribution in [0, 0.1) is 0 Å². The Hall–Kier alpha value is -2.41. The van der Waals surface area contributed by atoms with Gasteiger partial charge in [-0.2, -0.15) is 0 Å². The SMILES string of the molecule is CCCCCCCCCCCOc1ccc(S(=O)(=O)c2cnc3ccc([S+](C)[O-])cc3c2N2CCC(N3CCC(N4CCCC(O)C4)CC3)CC2)cc1. The van der Waals surface area contributed by atoms with Crippen molar-refractivity contribution in [3.8, 4) is 5.75 Å². The van der Waals surface area contributed by atoms with Crippen molar-refractivity contribution in [2.24, 2.45) is 0 Å². The molecule has 3 fully saturated rings. The van der Waals surface area contributed by atoms with Crippen molar-refractivity contribution in [1.29, 1.82) is 0 Å². The third-order valence-corrected chi connectivity index (χ3v) is 14.5.